The summed E-state index contributed by atoms with van der Waals surface area (Å²) in [6, 6.07) is 9.56. The molecule has 2 aromatic rings. The van der Waals surface area contributed by atoms with E-state index in [2.05, 4.69) is 10.4 Å². The smallest absolute Gasteiger partial charge is 0.227 e. The fraction of sp³-hybridized carbons (Fsp3) is 0.231. The summed E-state index contributed by atoms with van der Waals surface area (Å²) in [5, 5.41) is 7.08. The fourth-order valence-electron chi connectivity index (χ4n) is 1.74. The van der Waals surface area contributed by atoms with Gasteiger partial charge in [-0.15, -0.1) is 0 Å². The number of aromatic nitrogens is 2. The van der Waals surface area contributed by atoms with E-state index in [4.69, 9.17) is 0 Å². The highest BCUT2D eigenvalue weighted by atomic mass is 16.2. The fourth-order valence-corrected chi connectivity index (χ4v) is 1.74. The minimum atomic E-state index is 0.127. The zero-order valence-electron chi connectivity index (χ0n) is 9.34. The molecule has 17 heavy (non-hydrogen) atoms. The average Bonchev–Trinajstić information content (AvgIpc) is 3.05. The van der Waals surface area contributed by atoms with Crippen LogP contribution in [0.4, 0.5) is 5.69 Å². The molecule has 0 aliphatic heterocycles. The van der Waals surface area contributed by atoms with Gasteiger partial charge in [-0.1, -0.05) is 6.07 Å². The van der Waals surface area contributed by atoms with Gasteiger partial charge < -0.3 is 5.32 Å². The second-order valence-corrected chi connectivity index (χ2v) is 4.26. The molecule has 4 nitrogen and oxygen atoms in total. The molecule has 1 aromatic carbocycles. The molecule has 1 fully saturated rings. The number of nitrogens with one attached hydrogen (secondary N) is 1. The molecule has 3 rings (SSSR count). The minimum absolute atomic E-state index is 0.127. The molecule has 1 saturated carbocycles. The number of nitrogens with zero attached hydrogens (tertiary/aromatic N) is 2. The molecule has 1 amide bonds. The van der Waals surface area contributed by atoms with Crippen LogP contribution in [0.1, 0.15) is 12.8 Å². The lowest BCUT2D eigenvalue weighted by Gasteiger charge is -2.06. The van der Waals surface area contributed by atoms with Crippen LogP contribution in [-0.2, 0) is 4.79 Å². The second-order valence-electron chi connectivity index (χ2n) is 4.26. The first kappa shape index (κ1) is 10.1. The molecule has 0 bridgehead atoms. The number of anilines is 1. The molecule has 1 heterocycles. The largest absolute Gasteiger partial charge is 0.326 e. The Hall–Kier alpha value is -2.10. The van der Waals surface area contributed by atoms with Crippen molar-refractivity contribution in [2.45, 2.75) is 12.8 Å². The van der Waals surface area contributed by atoms with E-state index in [1.54, 1.807) is 10.9 Å². The van der Waals surface area contributed by atoms with Crippen molar-refractivity contribution in [3.63, 3.8) is 0 Å². The average molecular weight is 227 g/mol. The van der Waals surface area contributed by atoms with E-state index in [-0.39, 0.29) is 11.8 Å². The van der Waals surface area contributed by atoms with Crippen molar-refractivity contribution in [2.75, 3.05) is 5.32 Å². The molecule has 1 aliphatic rings. The van der Waals surface area contributed by atoms with Crippen molar-refractivity contribution >= 4 is 11.6 Å². The molecular weight excluding hydrogens is 214 g/mol. The Morgan fingerprint density at radius 2 is 2.24 bits per heavy atom. The first-order valence-electron chi connectivity index (χ1n) is 5.74. The molecule has 86 valence electrons. The SMILES string of the molecule is O=C(Nc1cccc(-n2cccn2)c1)C1CC1. The Morgan fingerprint density at radius 1 is 1.35 bits per heavy atom. The van der Waals surface area contributed by atoms with Crippen LogP contribution in [0.25, 0.3) is 5.69 Å². The van der Waals surface area contributed by atoms with Crippen molar-refractivity contribution < 1.29 is 4.79 Å². The molecular formula is C13H13N3O. The summed E-state index contributed by atoms with van der Waals surface area (Å²) in [5.41, 5.74) is 1.78. The van der Waals surface area contributed by atoms with Crippen LogP contribution in [0.15, 0.2) is 42.7 Å². The standard InChI is InChI=1S/C13H13N3O/c17-13(10-5-6-10)15-11-3-1-4-12(9-11)16-8-2-7-14-16/h1-4,7-10H,5-6H2,(H,15,17). The summed E-state index contributed by atoms with van der Waals surface area (Å²) >= 11 is 0. The third kappa shape index (κ3) is 2.20. The van der Waals surface area contributed by atoms with Crippen LogP contribution in [0.5, 0.6) is 0 Å². The van der Waals surface area contributed by atoms with Gasteiger partial charge in [-0.2, -0.15) is 5.10 Å². The highest BCUT2D eigenvalue weighted by Gasteiger charge is 2.29. The summed E-state index contributed by atoms with van der Waals surface area (Å²) < 4.78 is 1.77. The van der Waals surface area contributed by atoms with Gasteiger partial charge in [-0.3, -0.25) is 4.79 Å². The van der Waals surface area contributed by atoms with Gasteiger partial charge in [0.15, 0.2) is 0 Å². The zero-order chi connectivity index (χ0) is 11.7. The van der Waals surface area contributed by atoms with Crippen LogP contribution in [0.2, 0.25) is 0 Å². The molecule has 0 atom stereocenters. The number of amides is 1. The van der Waals surface area contributed by atoms with Gasteiger partial charge in [0.05, 0.1) is 5.69 Å². The Morgan fingerprint density at radius 3 is 2.94 bits per heavy atom. The second kappa shape index (κ2) is 4.05. The van der Waals surface area contributed by atoms with E-state index in [9.17, 15) is 4.79 Å². The number of carbonyl (C=O) groups excluding carboxylic acids is 1. The van der Waals surface area contributed by atoms with E-state index in [0.29, 0.717) is 0 Å². The van der Waals surface area contributed by atoms with Crippen molar-refractivity contribution in [2.24, 2.45) is 5.92 Å². The zero-order valence-corrected chi connectivity index (χ0v) is 9.34. The lowest BCUT2D eigenvalue weighted by atomic mass is 10.2. The number of carbonyl (C=O) groups is 1. The number of hydrogen-bond donors (Lipinski definition) is 1. The van der Waals surface area contributed by atoms with Crippen molar-refractivity contribution in [3.8, 4) is 5.69 Å². The minimum Gasteiger partial charge on any atom is -0.326 e. The first-order valence-corrected chi connectivity index (χ1v) is 5.74. The Balaban J connectivity index is 1.81. The van der Waals surface area contributed by atoms with Gasteiger partial charge in [0.25, 0.3) is 0 Å². The molecule has 1 aromatic heterocycles. The van der Waals surface area contributed by atoms with Crippen molar-refractivity contribution in [3.05, 3.63) is 42.7 Å². The Labute approximate surface area is 99.3 Å². The summed E-state index contributed by atoms with van der Waals surface area (Å²) in [4.78, 5) is 11.6. The van der Waals surface area contributed by atoms with Crippen LogP contribution >= 0.6 is 0 Å². The predicted molar refractivity (Wildman–Crippen MR) is 64.9 cm³/mol. The molecule has 0 saturated heterocycles. The summed E-state index contributed by atoms with van der Waals surface area (Å²) in [5.74, 6) is 0.353. The van der Waals surface area contributed by atoms with Crippen LogP contribution in [-0.4, -0.2) is 15.7 Å². The number of hydrogen-bond acceptors (Lipinski definition) is 2. The van der Waals surface area contributed by atoms with Gasteiger partial charge >= 0.3 is 0 Å². The van der Waals surface area contributed by atoms with E-state index in [1.165, 1.54) is 0 Å². The summed E-state index contributed by atoms with van der Waals surface area (Å²) in [6.07, 6.45) is 5.65. The maximum Gasteiger partial charge on any atom is 0.227 e. The molecule has 0 radical (unpaired) electrons. The highest BCUT2D eigenvalue weighted by Crippen LogP contribution is 2.30. The molecule has 0 spiro atoms. The van der Waals surface area contributed by atoms with E-state index in [0.717, 1.165) is 24.2 Å². The number of benzene rings is 1. The lowest BCUT2D eigenvalue weighted by Crippen LogP contribution is -2.13. The number of rotatable bonds is 3. The van der Waals surface area contributed by atoms with Gasteiger partial charge in [0.2, 0.25) is 5.91 Å². The van der Waals surface area contributed by atoms with E-state index in [1.807, 2.05) is 36.5 Å². The van der Waals surface area contributed by atoms with Crippen LogP contribution < -0.4 is 5.32 Å². The maximum absolute atomic E-state index is 11.6. The topological polar surface area (TPSA) is 46.9 Å². The van der Waals surface area contributed by atoms with Gasteiger partial charge in [-0.05, 0) is 37.1 Å². The maximum atomic E-state index is 11.6. The lowest BCUT2D eigenvalue weighted by molar-refractivity contribution is -0.117. The molecule has 4 heteroatoms. The van der Waals surface area contributed by atoms with E-state index < -0.39 is 0 Å². The third-order valence-corrected chi connectivity index (χ3v) is 2.83. The quantitative estimate of drug-likeness (QED) is 0.874. The molecule has 1 aliphatic carbocycles. The Bertz CT molecular complexity index is 529. The van der Waals surface area contributed by atoms with Gasteiger partial charge in [0.1, 0.15) is 0 Å². The summed E-state index contributed by atoms with van der Waals surface area (Å²) in [7, 11) is 0. The third-order valence-electron chi connectivity index (χ3n) is 2.83. The highest BCUT2D eigenvalue weighted by molar-refractivity contribution is 5.94. The van der Waals surface area contributed by atoms with Gasteiger partial charge in [-0.25, -0.2) is 4.68 Å². The van der Waals surface area contributed by atoms with Gasteiger partial charge in [0, 0.05) is 24.0 Å². The van der Waals surface area contributed by atoms with Crippen LogP contribution in [0, 0.1) is 5.92 Å². The molecule has 1 N–H and O–H groups in total. The normalized spacial score (nSPS) is 14.6. The van der Waals surface area contributed by atoms with Crippen molar-refractivity contribution in [1.82, 2.24) is 9.78 Å². The van der Waals surface area contributed by atoms with Crippen LogP contribution in [0.3, 0.4) is 0 Å². The Kier molecular flexibility index (Phi) is 2.40. The first-order chi connectivity index (χ1) is 8.33. The summed E-state index contributed by atoms with van der Waals surface area (Å²) in [6.45, 7) is 0. The predicted octanol–water partition coefficient (Wildman–Crippen LogP) is 2.22. The van der Waals surface area contributed by atoms with E-state index >= 15 is 0 Å². The van der Waals surface area contributed by atoms with Crippen molar-refractivity contribution in [1.29, 1.82) is 0 Å². The monoisotopic (exact) mass is 227 g/mol. The molecule has 0 unspecified atom stereocenters.